The molecule has 106 valence electrons. The quantitative estimate of drug-likeness (QED) is 0.843. The number of hydrogen-bond donors (Lipinski definition) is 2. The van der Waals surface area contributed by atoms with Gasteiger partial charge in [-0.15, -0.1) is 0 Å². The SMILES string of the molecule is Nc1ccc(F)cc1NS(=O)(=O)c1cccc(Cl)c1Cl. The van der Waals surface area contributed by atoms with Crippen molar-refractivity contribution in [1.29, 1.82) is 0 Å². The van der Waals surface area contributed by atoms with E-state index in [1.165, 1.54) is 24.3 Å². The lowest BCUT2D eigenvalue weighted by Gasteiger charge is -2.12. The predicted octanol–water partition coefficient (Wildman–Crippen LogP) is 3.52. The van der Waals surface area contributed by atoms with Crippen LogP contribution >= 0.6 is 23.2 Å². The Morgan fingerprint density at radius 1 is 1.15 bits per heavy atom. The highest BCUT2D eigenvalue weighted by molar-refractivity contribution is 7.92. The number of sulfonamides is 1. The Hall–Kier alpha value is -1.50. The van der Waals surface area contributed by atoms with E-state index >= 15 is 0 Å². The first kappa shape index (κ1) is 14.9. The minimum Gasteiger partial charge on any atom is -0.397 e. The summed E-state index contributed by atoms with van der Waals surface area (Å²) in [5.74, 6) is -0.617. The van der Waals surface area contributed by atoms with Gasteiger partial charge in [0.25, 0.3) is 10.0 Å². The lowest BCUT2D eigenvalue weighted by Crippen LogP contribution is -2.15. The van der Waals surface area contributed by atoms with Gasteiger partial charge in [-0.2, -0.15) is 0 Å². The Kier molecular flexibility index (Phi) is 4.08. The molecule has 2 aromatic rings. The molecule has 0 atom stereocenters. The number of benzene rings is 2. The highest BCUT2D eigenvalue weighted by Gasteiger charge is 2.20. The Morgan fingerprint density at radius 2 is 1.85 bits per heavy atom. The van der Waals surface area contributed by atoms with Crippen molar-refractivity contribution < 1.29 is 12.8 Å². The molecule has 0 saturated carbocycles. The number of halogens is 3. The number of nitrogen functional groups attached to an aromatic ring is 1. The van der Waals surface area contributed by atoms with Crippen LogP contribution in [0.15, 0.2) is 41.3 Å². The van der Waals surface area contributed by atoms with Gasteiger partial charge in [-0.3, -0.25) is 4.72 Å². The highest BCUT2D eigenvalue weighted by atomic mass is 35.5. The van der Waals surface area contributed by atoms with Gasteiger partial charge < -0.3 is 5.73 Å². The summed E-state index contributed by atoms with van der Waals surface area (Å²) in [6.07, 6.45) is 0. The maximum absolute atomic E-state index is 13.1. The van der Waals surface area contributed by atoms with Gasteiger partial charge in [-0.05, 0) is 24.3 Å². The minimum absolute atomic E-state index is 0.0685. The molecule has 0 aliphatic rings. The van der Waals surface area contributed by atoms with E-state index in [0.29, 0.717) is 0 Å². The topological polar surface area (TPSA) is 72.2 Å². The van der Waals surface area contributed by atoms with E-state index in [0.717, 1.165) is 12.1 Å². The van der Waals surface area contributed by atoms with Crippen LogP contribution < -0.4 is 10.5 Å². The van der Waals surface area contributed by atoms with Crippen LogP contribution in [0.4, 0.5) is 15.8 Å². The van der Waals surface area contributed by atoms with E-state index in [2.05, 4.69) is 4.72 Å². The smallest absolute Gasteiger partial charge is 0.263 e. The third kappa shape index (κ3) is 2.98. The minimum atomic E-state index is -4.02. The number of nitrogens with two attached hydrogens (primary N) is 1. The lowest BCUT2D eigenvalue weighted by atomic mass is 10.3. The highest BCUT2D eigenvalue weighted by Crippen LogP contribution is 2.31. The second kappa shape index (κ2) is 5.47. The second-order valence-electron chi connectivity index (χ2n) is 3.89. The normalized spacial score (nSPS) is 11.3. The van der Waals surface area contributed by atoms with Crippen molar-refractivity contribution in [3.8, 4) is 0 Å². The summed E-state index contributed by atoms with van der Waals surface area (Å²) in [4.78, 5) is -0.213. The molecule has 0 spiro atoms. The van der Waals surface area contributed by atoms with Gasteiger partial charge in [0.05, 0.1) is 21.4 Å². The Balaban J connectivity index is 2.46. The van der Waals surface area contributed by atoms with Crippen molar-refractivity contribution in [3.63, 3.8) is 0 Å². The zero-order valence-corrected chi connectivity index (χ0v) is 12.2. The van der Waals surface area contributed by atoms with Crippen LogP contribution in [0.5, 0.6) is 0 Å². The van der Waals surface area contributed by atoms with Crippen LogP contribution in [0.2, 0.25) is 10.0 Å². The molecule has 0 aromatic heterocycles. The maximum Gasteiger partial charge on any atom is 0.263 e. The molecule has 4 nitrogen and oxygen atoms in total. The monoisotopic (exact) mass is 334 g/mol. The summed E-state index contributed by atoms with van der Waals surface area (Å²) in [5.41, 5.74) is 5.61. The fourth-order valence-corrected chi connectivity index (χ4v) is 3.35. The van der Waals surface area contributed by atoms with Crippen LogP contribution in [0, 0.1) is 5.82 Å². The molecule has 0 radical (unpaired) electrons. The maximum atomic E-state index is 13.1. The molecular weight excluding hydrogens is 326 g/mol. The Bertz CT molecular complexity index is 766. The van der Waals surface area contributed by atoms with Gasteiger partial charge >= 0.3 is 0 Å². The van der Waals surface area contributed by atoms with Gasteiger partial charge in [0, 0.05) is 6.07 Å². The summed E-state index contributed by atoms with van der Waals surface area (Å²) < 4.78 is 39.7. The number of nitrogens with one attached hydrogen (secondary N) is 1. The fraction of sp³-hybridized carbons (Fsp3) is 0. The van der Waals surface area contributed by atoms with Crippen molar-refractivity contribution in [3.05, 3.63) is 52.3 Å². The Labute approximate surface area is 125 Å². The summed E-state index contributed by atoms with van der Waals surface area (Å²) in [6, 6.07) is 7.54. The van der Waals surface area contributed by atoms with E-state index in [1.54, 1.807) is 0 Å². The van der Waals surface area contributed by atoms with Gasteiger partial charge in [-0.25, -0.2) is 12.8 Å². The van der Waals surface area contributed by atoms with Gasteiger partial charge in [0.1, 0.15) is 10.7 Å². The molecule has 3 N–H and O–H groups in total. The average Bonchev–Trinajstić information content (AvgIpc) is 2.36. The first-order chi connectivity index (χ1) is 9.31. The lowest BCUT2D eigenvalue weighted by molar-refractivity contribution is 0.601. The molecule has 20 heavy (non-hydrogen) atoms. The van der Waals surface area contributed by atoms with E-state index in [9.17, 15) is 12.8 Å². The number of hydrogen-bond acceptors (Lipinski definition) is 3. The summed E-state index contributed by atoms with van der Waals surface area (Å²) in [7, 11) is -4.02. The van der Waals surface area contributed by atoms with Crippen LogP contribution in [-0.4, -0.2) is 8.42 Å². The largest absolute Gasteiger partial charge is 0.397 e. The van der Waals surface area contributed by atoms with Crippen molar-refractivity contribution in [2.45, 2.75) is 4.90 Å². The Morgan fingerprint density at radius 3 is 2.55 bits per heavy atom. The molecule has 0 aliphatic heterocycles. The zero-order chi connectivity index (χ0) is 14.9. The third-order valence-corrected chi connectivity index (χ3v) is 4.80. The molecule has 0 fully saturated rings. The van der Waals surface area contributed by atoms with Gasteiger partial charge in [0.15, 0.2) is 0 Å². The molecule has 2 rings (SSSR count). The summed E-state index contributed by atoms with van der Waals surface area (Å²) >= 11 is 11.6. The van der Waals surface area contributed by atoms with Crippen molar-refractivity contribution >= 4 is 44.6 Å². The first-order valence-corrected chi connectivity index (χ1v) is 7.57. The molecule has 0 unspecified atom stereocenters. The van der Waals surface area contributed by atoms with Crippen LogP contribution in [0.25, 0.3) is 0 Å². The van der Waals surface area contributed by atoms with Crippen LogP contribution in [0.1, 0.15) is 0 Å². The molecule has 2 aromatic carbocycles. The fourth-order valence-electron chi connectivity index (χ4n) is 1.51. The van der Waals surface area contributed by atoms with Gasteiger partial charge in [-0.1, -0.05) is 29.3 Å². The molecular formula is C12H9Cl2FN2O2S. The summed E-state index contributed by atoms with van der Waals surface area (Å²) in [5, 5.41) is -0.0154. The third-order valence-electron chi connectivity index (χ3n) is 2.47. The zero-order valence-electron chi connectivity index (χ0n) is 9.90. The van der Waals surface area contributed by atoms with Crippen molar-refractivity contribution in [2.24, 2.45) is 0 Å². The number of rotatable bonds is 3. The van der Waals surface area contributed by atoms with Gasteiger partial charge in [0.2, 0.25) is 0 Å². The van der Waals surface area contributed by atoms with E-state index in [4.69, 9.17) is 28.9 Å². The molecule has 0 amide bonds. The molecule has 0 saturated heterocycles. The van der Waals surface area contributed by atoms with E-state index in [-0.39, 0.29) is 26.3 Å². The van der Waals surface area contributed by atoms with E-state index in [1.807, 2.05) is 0 Å². The van der Waals surface area contributed by atoms with Crippen LogP contribution in [0.3, 0.4) is 0 Å². The van der Waals surface area contributed by atoms with Crippen molar-refractivity contribution in [2.75, 3.05) is 10.5 Å². The molecule has 0 heterocycles. The summed E-state index contributed by atoms with van der Waals surface area (Å²) in [6.45, 7) is 0. The standard InChI is InChI=1S/C12H9Cl2FN2O2S/c13-8-2-1-3-11(12(8)14)20(18,19)17-10-6-7(15)4-5-9(10)16/h1-6,17H,16H2. The molecule has 0 aliphatic carbocycles. The first-order valence-electron chi connectivity index (χ1n) is 5.33. The second-order valence-corrected chi connectivity index (χ2v) is 6.33. The van der Waals surface area contributed by atoms with Crippen LogP contribution in [-0.2, 0) is 10.0 Å². The van der Waals surface area contributed by atoms with Crippen molar-refractivity contribution in [1.82, 2.24) is 0 Å². The molecule has 0 bridgehead atoms. The predicted molar refractivity (Wildman–Crippen MR) is 78.1 cm³/mol. The van der Waals surface area contributed by atoms with E-state index < -0.39 is 15.8 Å². The number of anilines is 2. The molecule has 8 heteroatoms. The average molecular weight is 335 g/mol.